The lowest BCUT2D eigenvalue weighted by atomic mass is 10.2. The maximum atomic E-state index is 13.5. The van der Waals surface area contributed by atoms with Crippen molar-refractivity contribution in [2.45, 2.75) is 19.4 Å². The van der Waals surface area contributed by atoms with Crippen molar-refractivity contribution in [1.29, 1.82) is 0 Å². The van der Waals surface area contributed by atoms with Crippen molar-refractivity contribution in [3.63, 3.8) is 0 Å². The van der Waals surface area contributed by atoms with Crippen LogP contribution in [0.5, 0.6) is 0 Å². The highest BCUT2D eigenvalue weighted by atomic mass is 19.1. The number of hydrogen-bond donors (Lipinski definition) is 3. The Kier molecular flexibility index (Phi) is 5.05. The second-order valence-electron chi connectivity index (χ2n) is 4.00. The molecular formula is C13H15FN2O3. The molecule has 19 heavy (non-hydrogen) atoms. The van der Waals surface area contributed by atoms with E-state index < -0.39 is 23.9 Å². The first-order chi connectivity index (χ1) is 8.93. The van der Waals surface area contributed by atoms with E-state index in [4.69, 9.17) is 5.11 Å². The zero-order chi connectivity index (χ0) is 14.4. The topological polar surface area (TPSA) is 78.4 Å². The van der Waals surface area contributed by atoms with Gasteiger partial charge in [0.2, 0.25) is 0 Å². The minimum Gasteiger partial charge on any atom is -0.480 e. The second-order valence-corrected chi connectivity index (χ2v) is 4.00. The molecule has 1 rings (SSSR count). The van der Waals surface area contributed by atoms with Crippen LogP contribution in [0.25, 0.3) is 0 Å². The molecule has 0 bridgehead atoms. The van der Waals surface area contributed by atoms with Gasteiger partial charge in [0, 0.05) is 0 Å². The van der Waals surface area contributed by atoms with Crippen LogP contribution in [0.15, 0.2) is 30.9 Å². The zero-order valence-corrected chi connectivity index (χ0v) is 10.4. The highest BCUT2D eigenvalue weighted by Crippen LogP contribution is 2.15. The standard InChI is InChI=1S/C13H15FN2O3/c1-3-4-11(12(17)18)16-13(19)15-10-6-5-8(2)7-9(10)14/h3,5-7,11H,1,4H2,2H3,(H,17,18)(H2,15,16,19). The van der Waals surface area contributed by atoms with Gasteiger partial charge in [0.25, 0.3) is 0 Å². The van der Waals surface area contributed by atoms with Gasteiger partial charge in [-0.2, -0.15) is 0 Å². The summed E-state index contributed by atoms with van der Waals surface area (Å²) < 4.78 is 13.5. The van der Waals surface area contributed by atoms with Gasteiger partial charge in [-0.3, -0.25) is 0 Å². The number of benzene rings is 1. The molecule has 0 saturated heterocycles. The molecule has 0 aliphatic carbocycles. The van der Waals surface area contributed by atoms with Crippen molar-refractivity contribution < 1.29 is 19.1 Å². The third kappa shape index (κ3) is 4.42. The molecule has 1 aromatic carbocycles. The van der Waals surface area contributed by atoms with Crippen LogP contribution < -0.4 is 10.6 Å². The molecule has 0 aliphatic heterocycles. The van der Waals surface area contributed by atoms with Crippen molar-refractivity contribution in [2.24, 2.45) is 0 Å². The van der Waals surface area contributed by atoms with E-state index in [0.29, 0.717) is 0 Å². The number of hydrogen-bond acceptors (Lipinski definition) is 2. The molecule has 6 heteroatoms. The van der Waals surface area contributed by atoms with Crippen LogP contribution >= 0.6 is 0 Å². The van der Waals surface area contributed by atoms with Crippen molar-refractivity contribution in [3.05, 3.63) is 42.2 Å². The number of aryl methyl sites for hydroxylation is 1. The van der Waals surface area contributed by atoms with E-state index >= 15 is 0 Å². The minimum absolute atomic E-state index is 0.00848. The van der Waals surface area contributed by atoms with Gasteiger partial charge >= 0.3 is 12.0 Å². The Hall–Kier alpha value is -2.37. The summed E-state index contributed by atoms with van der Waals surface area (Å²) >= 11 is 0. The van der Waals surface area contributed by atoms with Crippen LogP contribution in [0, 0.1) is 12.7 Å². The Morgan fingerprint density at radius 3 is 2.74 bits per heavy atom. The smallest absolute Gasteiger partial charge is 0.326 e. The first kappa shape index (κ1) is 14.7. The molecule has 0 spiro atoms. The van der Waals surface area contributed by atoms with Crippen LogP contribution in [0.4, 0.5) is 14.9 Å². The summed E-state index contributed by atoms with van der Waals surface area (Å²) in [6.45, 7) is 5.12. The van der Waals surface area contributed by atoms with Gasteiger partial charge in [0.15, 0.2) is 0 Å². The molecule has 0 fully saturated rings. The third-order valence-corrected chi connectivity index (χ3v) is 2.38. The monoisotopic (exact) mass is 266 g/mol. The highest BCUT2D eigenvalue weighted by Gasteiger charge is 2.18. The quantitative estimate of drug-likeness (QED) is 0.715. The lowest BCUT2D eigenvalue weighted by Gasteiger charge is -2.13. The molecule has 3 N–H and O–H groups in total. The molecule has 0 aliphatic rings. The molecule has 0 aromatic heterocycles. The molecule has 1 aromatic rings. The zero-order valence-electron chi connectivity index (χ0n) is 10.4. The summed E-state index contributed by atoms with van der Waals surface area (Å²) in [4.78, 5) is 22.4. The minimum atomic E-state index is -1.18. The normalized spacial score (nSPS) is 11.5. The number of carbonyl (C=O) groups is 2. The average molecular weight is 266 g/mol. The van der Waals surface area contributed by atoms with Crippen LogP contribution in [0.1, 0.15) is 12.0 Å². The number of nitrogens with one attached hydrogen (secondary N) is 2. The van der Waals surface area contributed by atoms with Gasteiger partial charge in [-0.15, -0.1) is 6.58 Å². The number of carbonyl (C=O) groups excluding carboxylic acids is 1. The predicted molar refractivity (Wildman–Crippen MR) is 69.5 cm³/mol. The fourth-order valence-electron chi connectivity index (χ4n) is 1.43. The summed E-state index contributed by atoms with van der Waals surface area (Å²) in [5.41, 5.74) is 0.712. The molecule has 1 unspecified atom stereocenters. The Morgan fingerprint density at radius 1 is 1.53 bits per heavy atom. The van der Waals surface area contributed by atoms with Crippen molar-refractivity contribution >= 4 is 17.7 Å². The number of rotatable bonds is 5. The fraction of sp³-hybridized carbons (Fsp3) is 0.231. The summed E-state index contributed by atoms with van der Waals surface area (Å²) in [5.74, 6) is -1.76. The number of carboxylic acids is 1. The van der Waals surface area contributed by atoms with Crippen LogP contribution in [0.2, 0.25) is 0 Å². The molecule has 5 nitrogen and oxygen atoms in total. The van der Waals surface area contributed by atoms with Gasteiger partial charge in [-0.05, 0) is 31.0 Å². The Balaban J connectivity index is 2.68. The lowest BCUT2D eigenvalue weighted by molar-refractivity contribution is -0.139. The summed E-state index contributed by atoms with van der Waals surface area (Å²) in [7, 11) is 0. The summed E-state index contributed by atoms with van der Waals surface area (Å²) in [5, 5.41) is 13.3. The molecule has 2 amide bonds. The Bertz CT molecular complexity index is 503. The first-order valence-corrected chi connectivity index (χ1v) is 5.61. The molecule has 1 atom stereocenters. The highest BCUT2D eigenvalue weighted by molar-refractivity contribution is 5.92. The van der Waals surface area contributed by atoms with E-state index in [1.807, 2.05) is 0 Å². The molecule has 0 saturated carbocycles. The van der Waals surface area contributed by atoms with E-state index in [9.17, 15) is 14.0 Å². The van der Waals surface area contributed by atoms with Crippen molar-refractivity contribution in [2.75, 3.05) is 5.32 Å². The molecule has 0 heterocycles. The SMILES string of the molecule is C=CCC(NC(=O)Nc1ccc(C)cc1F)C(=O)O. The van der Waals surface area contributed by atoms with Gasteiger partial charge in [0.05, 0.1) is 5.69 Å². The van der Waals surface area contributed by atoms with E-state index in [-0.39, 0.29) is 12.1 Å². The first-order valence-electron chi connectivity index (χ1n) is 5.61. The van der Waals surface area contributed by atoms with E-state index in [0.717, 1.165) is 5.56 Å². The maximum Gasteiger partial charge on any atom is 0.326 e. The number of anilines is 1. The fourth-order valence-corrected chi connectivity index (χ4v) is 1.43. The lowest BCUT2D eigenvalue weighted by Crippen LogP contribution is -2.42. The summed E-state index contributed by atoms with van der Waals surface area (Å²) in [6, 6.07) is 2.45. The Labute approximate surface area is 110 Å². The number of carboxylic acid groups (broad SMARTS) is 1. The molecule has 0 radical (unpaired) electrons. The van der Waals surface area contributed by atoms with Gasteiger partial charge in [-0.25, -0.2) is 14.0 Å². The number of aliphatic carboxylic acids is 1. The largest absolute Gasteiger partial charge is 0.480 e. The molecular weight excluding hydrogens is 251 g/mol. The predicted octanol–water partition coefficient (Wildman–Crippen LogP) is 2.28. The average Bonchev–Trinajstić information content (AvgIpc) is 2.32. The van der Waals surface area contributed by atoms with Gasteiger partial charge in [-0.1, -0.05) is 12.1 Å². The molecule has 102 valence electrons. The maximum absolute atomic E-state index is 13.5. The van der Waals surface area contributed by atoms with Crippen molar-refractivity contribution in [3.8, 4) is 0 Å². The second kappa shape index (κ2) is 6.53. The van der Waals surface area contributed by atoms with Gasteiger partial charge < -0.3 is 15.7 Å². The number of halogens is 1. The Morgan fingerprint density at radius 2 is 2.21 bits per heavy atom. The van der Waals surface area contributed by atoms with Crippen LogP contribution in [-0.4, -0.2) is 23.1 Å². The van der Waals surface area contributed by atoms with E-state index in [1.165, 1.54) is 18.2 Å². The van der Waals surface area contributed by atoms with Gasteiger partial charge in [0.1, 0.15) is 11.9 Å². The van der Waals surface area contributed by atoms with Crippen LogP contribution in [0.3, 0.4) is 0 Å². The van der Waals surface area contributed by atoms with Crippen LogP contribution in [-0.2, 0) is 4.79 Å². The number of urea groups is 1. The van der Waals surface area contributed by atoms with Crippen molar-refractivity contribution in [1.82, 2.24) is 5.32 Å². The third-order valence-electron chi connectivity index (χ3n) is 2.38. The van der Waals surface area contributed by atoms with E-state index in [2.05, 4.69) is 17.2 Å². The number of amides is 2. The summed E-state index contributed by atoms with van der Waals surface area (Å²) in [6.07, 6.45) is 1.46. The van der Waals surface area contributed by atoms with E-state index in [1.54, 1.807) is 13.0 Å².